The van der Waals surface area contributed by atoms with Gasteiger partial charge in [-0.25, -0.2) is 0 Å². The van der Waals surface area contributed by atoms with Gasteiger partial charge in [-0.2, -0.15) is 0 Å². The maximum atomic E-state index is 12.3. The topological polar surface area (TPSA) is 81.5 Å². The van der Waals surface area contributed by atoms with Crippen LogP contribution in [-0.2, 0) is 11.2 Å². The van der Waals surface area contributed by atoms with Gasteiger partial charge in [0.05, 0.1) is 29.5 Å². The first-order chi connectivity index (χ1) is 12.6. The molecule has 1 aliphatic rings. The molecule has 0 heterocycles. The number of nitro groups is 1. The normalized spacial score (nSPS) is 15.8. The van der Waals surface area contributed by atoms with Gasteiger partial charge in [-0.05, 0) is 36.5 Å². The quantitative estimate of drug-likeness (QED) is 0.602. The Kier molecular flexibility index (Phi) is 5.78. The average Bonchev–Trinajstić information content (AvgIpc) is 2.66. The highest BCUT2D eigenvalue weighted by Crippen LogP contribution is 2.39. The van der Waals surface area contributed by atoms with Crippen LogP contribution in [0.4, 0.5) is 11.4 Å². The number of hydrogen-bond acceptors (Lipinski definition) is 5. The number of ether oxygens (including phenoxy) is 1. The minimum Gasteiger partial charge on any atom is -0.494 e. The number of fused-ring (bicyclic) bond motifs is 1. The van der Waals surface area contributed by atoms with Gasteiger partial charge in [0.25, 0.3) is 5.69 Å². The summed E-state index contributed by atoms with van der Waals surface area (Å²) in [6, 6.07) is 12.5. The van der Waals surface area contributed by atoms with E-state index in [4.69, 9.17) is 4.74 Å². The molecular weight excluding hydrogens is 352 g/mol. The molecule has 1 atom stereocenters. The number of nitrogens with zero attached hydrogens (tertiary/aromatic N) is 1. The van der Waals surface area contributed by atoms with Crippen molar-refractivity contribution in [1.82, 2.24) is 0 Å². The maximum Gasteiger partial charge on any atom is 0.273 e. The molecule has 1 aliphatic carbocycles. The van der Waals surface area contributed by atoms with Crippen LogP contribution in [0.15, 0.2) is 42.5 Å². The van der Waals surface area contributed by atoms with Crippen LogP contribution in [0.5, 0.6) is 5.75 Å². The number of carbonyl (C=O) groups excluding carboxylic acids is 1. The minimum absolute atomic E-state index is 0.0759. The summed E-state index contributed by atoms with van der Waals surface area (Å²) < 4.78 is 5.15. The van der Waals surface area contributed by atoms with Crippen molar-refractivity contribution in [3.8, 4) is 5.75 Å². The summed E-state index contributed by atoms with van der Waals surface area (Å²) in [5, 5.41) is 13.9. The Morgan fingerprint density at radius 2 is 2.15 bits per heavy atom. The van der Waals surface area contributed by atoms with Crippen LogP contribution in [-0.4, -0.2) is 23.7 Å². The van der Waals surface area contributed by atoms with Gasteiger partial charge >= 0.3 is 0 Å². The lowest BCUT2D eigenvalue weighted by molar-refractivity contribution is -0.384. The molecule has 3 rings (SSSR count). The SMILES string of the molecule is COc1cc([N+](=O)[O-])ccc1NC(=O)CSC1CCCc2ccccc21. The second kappa shape index (κ2) is 8.23. The third kappa shape index (κ3) is 4.16. The van der Waals surface area contributed by atoms with Gasteiger partial charge in [0.15, 0.2) is 0 Å². The first kappa shape index (κ1) is 18.3. The summed E-state index contributed by atoms with van der Waals surface area (Å²) in [6.07, 6.45) is 3.29. The van der Waals surface area contributed by atoms with Gasteiger partial charge in [-0.3, -0.25) is 14.9 Å². The van der Waals surface area contributed by atoms with Crippen LogP contribution >= 0.6 is 11.8 Å². The van der Waals surface area contributed by atoms with E-state index < -0.39 is 4.92 Å². The number of benzene rings is 2. The van der Waals surface area contributed by atoms with E-state index in [1.54, 1.807) is 11.8 Å². The summed E-state index contributed by atoms with van der Waals surface area (Å²) in [4.78, 5) is 22.7. The van der Waals surface area contributed by atoms with E-state index in [-0.39, 0.29) is 17.3 Å². The Morgan fingerprint density at radius 1 is 1.35 bits per heavy atom. The van der Waals surface area contributed by atoms with Crippen molar-refractivity contribution >= 4 is 29.0 Å². The molecule has 6 nitrogen and oxygen atoms in total. The molecule has 0 saturated carbocycles. The van der Waals surface area contributed by atoms with E-state index in [9.17, 15) is 14.9 Å². The number of non-ortho nitro benzene ring substituents is 1. The van der Waals surface area contributed by atoms with Crippen LogP contribution < -0.4 is 10.1 Å². The van der Waals surface area contributed by atoms with Crippen LogP contribution in [0.1, 0.15) is 29.2 Å². The van der Waals surface area contributed by atoms with Crippen molar-refractivity contribution in [2.24, 2.45) is 0 Å². The Morgan fingerprint density at radius 3 is 2.92 bits per heavy atom. The molecular formula is C19H20N2O4S. The number of anilines is 1. The van der Waals surface area contributed by atoms with E-state index in [1.807, 2.05) is 6.07 Å². The second-order valence-electron chi connectivity index (χ2n) is 6.08. The molecule has 1 unspecified atom stereocenters. The van der Waals surface area contributed by atoms with E-state index in [0.29, 0.717) is 16.7 Å². The maximum absolute atomic E-state index is 12.3. The molecule has 0 aliphatic heterocycles. The molecule has 26 heavy (non-hydrogen) atoms. The number of nitrogens with one attached hydrogen (secondary N) is 1. The zero-order valence-corrected chi connectivity index (χ0v) is 15.3. The molecule has 1 amide bonds. The summed E-state index contributed by atoms with van der Waals surface area (Å²) in [5.74, 6) is 0.449. The zero-order valence-electron chi connectivity index (χ0n) is 14.4. The molecule has 1 N–H and O–H groups in total. The van der Waals surface area contributed by atoms with E-state index in [2.05, 4.69) is 23.5 Å². The van der Waals surface area contributed by atoms with E-state index >= 15 is 0 Å². The molecule has 0 bridgehead atoms. The van der Waals surface area contributed by atoms with E-state index in [1.165, 1.54) is 36.4 Å². The van der Waals surface area contributed by atoms with Gasteiger partial charge in [0.1, 0.15) is 5.75 Å². The molecule has 0 radical (unpaired) electrons. The fraction of sp³-hybridized carbons (Fsp3) is 0.316. The van der Waals surface area contributed by atoms with Gasteiger partial charge in [0, 0.05) is 11.3 Å². The highest BCUT2D eigenvalue weighted by atomic mass is 32.2. The van der Waals surface area contributed by atoms with Crippen LogP contribution in [0.25, 0.3) is 0 Å². The van der Waals surface area contributed by atoms with Crippen LogP contribution in [0, 0.1) is 10.1 Å². The van der Waals surface area contributed by atoms with E-state index in [0.717, 1.165) is 19.3 Å². The smallest absolute Gasteiger partial charge is 0.273 e. The van der Waals surface area contributed by atoms with Crippen molar-refractivity contribution in [1.29, 1.82) is 0 Å². The third-order valence-corrected chi connectivity index (χ3v) is 5.72. The van der Waals surface area contributed by atoms with Crippen LogP contribution in [0.2, 0.25) is 0 Å². The van der Waals surface area contributed by atoms with Crippen LogP contribution in [0.3, 0.4) is 0 Å². The molecule has 0 spiro atoms. The fourth-order valence-corrected chi connectivity index (χ4v) is 4.31. The third-order valence-electron chi connectivity index (χ3n) is 4.40. The van der Waals surface area contributed by atoms with Gasteiger partial charge in [-0.15, -0.1) is 11.8 Å². The number of thioether (sulfide) groups is 1. The number of hydrogen-bond donors (Lipinski definition) is 1. The number of carbonyl (C=O) groups is 1. The summed E-state index contributed by atoms with van der Waals surface area (Å²) in [6.45, 7) is 0. The lowest BCUT2D eigenvalue weighted by atomic mass is 9.91. The zero-order chi connectivity index (χ0) is 18.5. The predicted molar refractivity (Wildman–Crippen MR) is 103 cm³/mol. The first-order valence-corrected chi connectivity index (χ1v) is 9.45. The highest BCUT2D eigenvalue weighted by molar-refractivity contribution is 8.00. The molecule has 2 aromatic carbocycles. The van der Waals surface area contributed by atoms with Gasteiger partial charge in [-0.1, -0.05) is 24.3 Å². The number of aryl methyl sites for hydroxylation is 1. The predicted octanol–water partition coefficient (Wildman–Crippen LogP) is 4.35. The van der Waals surface area contributed by atoms with Crippen molar-refractivity contribution in [3.05, 3.63) is 63.7 Å². The van der Waals surface area contributed by atoms with Gasteiger partial charge in [0.2, 0.25) is 5.91 Å². The second-order valence-corrected chi connectivity index (χ2v) is 7.27. The minimum atomic E-state index is -0.496. The molecule has 7 heteroatoms. The lowest BCUT2D eigenvalue weighted by Gasteiger charge is -2.24. The first-order valence-electron chi connectivity index (χ1n) is 8.40. The summed E-state index contributed by atoms with van der Waals surface area (Å²) >= 11 is 1.63. The monoisotopic (exact) mass is 372 g/mol. The molecule has 136 valence electrons. The largest absolute Gasteiger partial charge is 0.494 e. The lowest BCUT2D eigenvalue weighted by Crippen LogP contribution is -2.17. The average molecular weight is 372 g/mol. The highest BCUT2D eigenvalue weighted by Gasteiger charge is 2.21. The standard InChI is InChI=1S/C19H20N2O4S/c1-25-17-11-14(21(23)24)9-10-16(17)20-19(22)12-26-18-8-4-6-13-5-2-3-7-15(13)18/h2-3,5,7,9-11,18H,4,6,8,12H2,1H3,(H,20,22). The van der Waals surface area contributed by atoms with Gasteiger partial charge < -0.3 is 10.1 Å². The molecule has 0 saturated heterocycles. The number of methoxy groups -OCH3 is 1. The summed E-state index contributed by atoms with van der Waals surface area (Å²) in [5.41, 5.74) is 3.05. The van der Waals surface area contributed by atoms with Crippen molar-refractivity contribution in [3.63, 3.8) is 0 Å². The Balaban J connectivity index is 1.63. The van der Waals surface area contributed by atoms with Crippen molar-refractivity contribution in [2.45, 2.75) is 24.5 Å². The Bertz CT molecular complexity index is 825. The van der Waals surface area contributed by atoms with Crippen molar-refractivity contribution < 1.29 is 14.5 Å². The Labute approximate surface area is 156 Å². The number of nitro benzene ring substituents is 1. The van der Waals surface area contributed by atoms with Crippen molar-refractivity contribution in [2.75, 3.05) is 18.2 Å². The number of rotatable bonds is 6. The summed E-state index contributed by atoms with van der Waals surface area (Å²) in [7, 11) is 1.42. The Hall–Kier alpha value is -2.54. The molecule has 0 fully saturated rings. The molecule has 0 aromatic heterocycles. The fourth-order valence-electron chi connectivity index (χ4n) is 3.14. The molecule has 2 aromatic rings. The number of amides is 1.